The van der Waals surface area contributed by atoms with Crippen molar-refractivity contribution >= 4 is 40.7 Å². The molecule has 0 spiro atoms. The minimum Gasteiger partial charge on any atom is -0.338 e. The van der Waals surface area contributed by atoms with Gasteiger partial charge in [-0.25, -0.2) is 0 Å². The first-order valence-corrected chi connectivity index (χ1v) is 11.1. The third-order valence-electron chi connectivity index (χ3n) is 6.00. The van der Waals surface area contributed by atoms with Crippen LogP contribution in [0.2, 0.25) is 5.02 Å². The Balaban J connectivity index is 1.40. The summed E-state index contributed by atoms with van der Waals surface area (Å²) < 4.78 is 0. The van der Waals surface area contributed by atoms with E-state index in [0.717, 1.165) is 37.1 Å². The van der Waals surface area contributed by atoms with Gasteiger partial charge in [-0.2, -0.15) is 0 Å². The fraction of sp³-hybridized carbons (Fsp3) is 0.375. The Labute approximate surface area is 187 Å². The summed E-state index contributed by atoms with van der Waals surface area (Å²) in [7, 11) is 0. The first-order chi connectivity index (χ1) is 14.9. The van der Waals surface area contributed by atoms with Crippen molar-refractivity contribution in [1.29, 1.82) is 0 Å². The predicted molar refractivity (Wildman–Crippen MR) is 121 cm³/mol. The zero-order chi connectivity index (χ0) is 22.0. The van der Waals surface area contributed by atoms with Crippen LogP contribution in [0.1, 0.15) is 41.6 Å². The molecular formula is C24H26ClN3O3. The van der Waals surface area contributed by atoms with E-state index in [1.54, 1.807) is 29.2 Å². The highest BCUT2D eigenvalue weighted by Gasteiger charge is 2.29. The number of nitrogens with zero attached hydrogens (tertiary/aromatic N) is 2. The lowest BCUT2D eigenvalue weighted by Gasteiger charge is -2.32. The third kappa shape index (κ3) is 4.74. The Kier molecular flexibility index (Phi) is 6.28. The highest BCUT2D eigenvalue weighted by molar-refractivity contribution is 6.30. The SMILES string of the molecule is Cc1cc(NC(=O)C2CCCN(C(=O)c3ccc(Cl)cc3)C2)ccc1N1CCCC1=O. The molecule has 31 heavy (non-hydrogen) atoms. The second kappa shape index (κ2) is 9.10. The maximum atomic E-state index is 12.9. The number of anilines is 2. The van der Waals surface area contributed by atoms with Gasteiger partial charge in [-0.15, -0.1) is 0 Å². The van der Waals surface area contributed by atoms with Gasteiger partial charge in [-0.3, -0.25) is 14.4 Å². The Morgan fingerprint density at radius 3 is 2.52 bits per heavy atom. The fourth-order valence-electron chi connectivity index (χ4n) is 4.33. The van der Waals surface area contributed by atoms with Crippen LogP contribution in [0.25, 0.3) is 0 Å². The van der Waals surface area contributed by atoms with E-state index in [1.165, 1.54) is 0 Å². The molecule has 6 nitrogen and oxygen atoms in total. The standard InChI is InChI=1S/C24H26ClN3O3/c1-16-14-20(10-11-21(16)28-13-3-5-22(28)29)26-23(30)18-4-2-12-27(15-18)24(31)17-6-8-19(25)9-7-17/h6-11,14,18H,2-5,12-13,15H2,1H3,(H,26,30). The van der Waals surface area contributed by atoms with Crippen LogP contribution in [0.4, 0.5) is 11.4 Å². The fourth-order valence-corrected chi connectivity index (χ4v) is 4.46. The van der Waals surface area contributed by atoms with Gasteiger partial charge in [0, 0.05) is 48.0 Å². The van der Waals surface area contributed by atoms with Gasteiger partial charge in [0.05, 0.1) is 5.92 Å². The number of piperidine rings is 1. The molecule has 2 aliphatic rings. The van der Waals surface area contributed by atoms with Gasteiger partial charge in [0.2, 0.25) is 11.8 Å². The highest BCUT2D eigenvalue weighted by atomic mass is 35.5. The highest BCUT2D eigenvalue weighted by Crippen LogP contribution is 2.28. The van der Waals surface area contributed by atoms with Crippen molar-refractivity contribution in [3.8, 4) is 0 Å². The first-order valence-electron chi connectivity index (χ1n) is 10.7. The van der Waals surface area contributed by atoms with Crippen LogP contribution in [0.3, 0.4) is 0 Å². The number of nitrogens with one attached hydrogen (secondary N) is 1. The third-order valence-corrected chi connectivity index (χ3v) is 6.25. The predicted octanol–water partition coefficient (Wildman–Crippen LogP) is 4.27. The number of carbonyl (C=O) groups is 3. The van der Waals surface area contributed by atoms with Crippen molar-refractivity contribution in [2.75, 3.05) is 29.9 Å². The topological polar surface area (TPSA) is 69.7 Å². The van der Waals surface area contributed by atoms with Crippen LogP contribution in [0, 0.1) is 12.8 Å². The number of hydrogen-bond donors (Lipinski definition) is 1. The average molecular weight is 440 g/mol. The summed E-state index contributed by atoms with van der Waals surface area (Å²) in [4.78, 5) is 41.2. The smallest absolute Gasteiger partial charge is 0.253 e. The maximum Gasteiger partial charge on any atom is 0.253 e. The molecule has 0 aromatic heterocycles. The molecule has 0 aliphatic carbocycles. The summed E-state index contributed by atoms with van der Waals surface area (Å²) in [5, 5.41) is 3.58. The molecule has 2 saturated heterocycles. The number of amides is 3. The second-order valence-corrected chi connectivity index (χ2v) is 8.67. The molecule has 0 radical (unpaired) electrons. The normalized spacial score (nSPS) is 18.9. The van der Waals surface area contributed by atoms with Gasteiger partial charge in [-0.1, -0.05) is 11.6 Å². The van der Waals surface area contributed by atoms with E-state index in [2.05, 4.69) is 5.32 Å². The average Bonchev–Trinajstić information content (AvgIpc) is 3.19. The van der Waals surface area contributed by atoms with Crippen molar-refractivity contribution < 1.29 is 14.4 Å². The molecule has 3 amide bonds. The molecule has 1 atom stereocenters. The molecular weight excluding hydrogens is 414 g/mol. The number of likely N-dealkylation sites (tertiary alicyclic amines) is 1. The number of carbonyl (C=O) groups excluding carboxylic acids is 3. The molecule has 2 aromatic rings. The number of hydrogen-bond acceptors (Lipinski definition) is 3. The van der Waals surface area contributed by atoms with Crippen molar-refractivity contribution in [3.05, 3.63) is 58.6 Å². The molecule has 0 bridgehead atoms. The van der Waals surface area contributed by atoms with Gasteiger partial charge in [0.1, 0.15) is 0 Å². The maximum absolute atomic E-state index is 12.9. The summed E-state index contributed by atoms with van der Waals surface area (Å²) >= 11 is 5.91. The molecule has 2 aliphatic heterocycles. The molecule has 2 aromatic carbocycles. The van der Waals surface area contributed by atoms with Gasteiger partial charge in [0.25, 0.3) is 5.91 Å². The molecule has 0 saturated carbocycles. The van der Waals surface area contributed by atoms with Gasteiger partial charge >= 0.3 is 0 Å². The van der Waals surface area contributed by atoms with E-state index in [4.69, 9.17) is 11.6 Å². The molecule has 2 heterocycles. The van der Waals surface area contributed by atoms with Crippen LogP contribution < -0.4 is 10.2 Å². The Bertz CT molecular complexity index is 1010. The number of aryl methyl sites for hydroxylation is 1. The van der Waals surface area contributed by atoms with Gasteiger partial charge in [-0.05, 0) is 74.2 Å². The number of rotatable bonds is 4. The van der Waals surface area contributed by atoms with Crippen LogP contribution in [-0.4, -0.2) is 42.3 Å². The van der Waals surface area contributed by atoms with Crippen LogP contribution in [-0.2, 0) is 9.59 Å². The van der Waals surface area contributed by atoms with Crippen LogP contribution in [0.5, 0.6) is 0 Å². The Morgan fingerprint density at radius 2 is 1.84 bits per heavy atom. The molecule has 2 fully saturated rings. The van der Waals surface area contributed by atoms with E-state index in [9.17, 15) is 14.4 Å². The minimum atomic E-state index is -0.259. The Morgan fingerprint density at radius 1 is 1.06 bits per heavy atom. The summed E-state index contributed by atoms with van der Waals surface area (Å²) in [6.07, 6.45) is 3.00. The summed E-state index contributed by atoms with van der Waals surface area (Å²) in [6, 6.07) is 12.5. The summed E-state index contributed by atoms with van der Waals surface area (Å²) in [6.45, 7) is 3.73. The van der Waals surface area contributed by atoms with E-state index < -0.39 is 0 Å². The lowest BCUT2D eigenvalue weighted by Crippen LogP contribution is -2.43. The van der Waals surface area contributed by atoms with Crippen molar-refractivity contribution in [3.63, 3.8) is 0 Å². The Hall–Kier alpha value is -2.86. The van der Waals surface area contributed by atoms with Crippen LogP contribution >= 0.6 is 11.6 Å². The van der Waals surface area contributed by atoms with Crippen molar-refractivity contribution in [1.82, 2.24) is 4.90 Å². The second-order valence-electron chi connectivity index (χ2n) is 8.24. The van der Waals surface area contributed by atoms with Gasteiger partial charge < -0.3 is 15.1 Å². The number of halogens is 1. The molecule has 162 valence electrons. The zero-order valence-corrected chi connectivity index (χ0v) is 18.3. The van der Waals surface area contributed by atoms with Gasteiger partial charge in [0.15, 0.2) is 0 Å². The monoisotopic (exact) mass is 439 g/mol. The summed E-state index contributed by atoms with van der Waals surface area (Å²) in [5.41, 5.74) is 3.14. The summed E-state index contributed by atoms with van der Waals surface area (Å²) in [5.74, 6) is -0.277. The largest absolute Gasteiger partial charge is 0.338 e. The van der Waals surface area contributed by atoms with Crippen molar-refractivity contribution in [2.24, 2.45) is 5.92 Å². The lowest BCUT2D eigenvalue weighted by atomic mass is 9.96. The zero-order valence-electron chi connectivity index (χ0n) is 17.6. The molecule has 7 heteroatoms. The van der Waals surface area contributed by atoms with E-state index in [0.29, 0.717) is 35.8 Å². The first kappa shape index (κ1) is 21.4. The van der Waals surface area contributed by atoms with E-state index >= 15 is 0 Å². The van der Waals surface area contributed by atoms with E-state index in [-0.39, 0.29) is 23.6 Å². The number of benzene rings is 2. The quantitative estimate of drug-likeness (QED) is 0.773. The van der Waals surface area contributed by atoms with E-state index in [1.807, 2.05) is 30.0 Å². The molecule has 1 N–H and O–H groups in total. The minimum absolute atomic E-state index is 0.0790. The molecule has 4 rings (SSSR count). The van der Waals surface area contributed by atoms with Crippen LogP contribution in [0.15, 0.2) is 42.5 Å². The molecule has 1 unspecified atom stereocenters. The van der Waals surface area contributed by atoms with Crippen molar-refractivity contribution in [2.45, 2.75) is 32.6 Å². The lowest BCUT2D eigenvalue weighted by molar-refractivity contribution is -0.121.